The zero-order valence-electron chi connectivity index (χ0n) is 15.6. The van der Waals surface area contributed by atoms with Gasteiger partial charge in [0.25, 0.3) is 0 Å². The van der Waals surface area contributed by atoms with Gasteiger partial charge in [-0.2, -0.15) is 4.98 Å². The molecule has 1 saturated heterocycles. The Labute approximate surface area is 159 Å². The SMILES string of the molecule is Cc1ccc(Nc2ccnc(N3CCN(c4ncccn4)CC3)n2)cc1C. The van der Waals surface area contributed by atoms with Crippen LogP contribution in [0.25, 0.3) is 0 Å². The van der Waals surface area contributed by atoms with Gasteiger partial charge in [0, 0.05) is 50.5 Å². The number of anilines is 4. The molecule has 138 valence electrons. The summed E-state index contributed by atoms with van der Waals surface area (Å²) in [7, 11) is 0. The smallest absolute Gasteiger partial charge is 0.227 e. The minimum absolute atomic E-state index is 0.748. The van der Waals surface area contributed by atoms with Crippen molar-refractivity contribution in [3.05, 3.63) is 60.0 Å². The Balaban J connectivity index is 1.43. The first-order valence-corrected chi connectivity index (χ1v) is 9.13. The van der Waals surface area contributed by atoms with Crippen LogP contribution in [0.2, 0.25) is 0 Å². The monoisotopic (exact) mass is 361 g/mol. The highest BCUT2D eigenvalue weighted by molar-refractivity contribution is 5.59. The fourth-order valence-electron chi connectivity index (χ4n) is 3.10. The number of piperazine rings is 1. The first-order chi connectivity index (χ1) is 13.2. The molecule has 27 heavy (non-hydrogen) atoms. The highest BCUT2D eigenvalue weighted by Crippen LogP contribution is 2.20. The topological polar surface area (TPSA) is 70.1 Å². The van der Waals surface area contributed by atoms with E-state index in [1.807, 2.05) is 12.1 Å². The van der Waals surface area contributed by atoms with E-state index in [1.54, 1.807) is 18.6 Å². The third-order valence-electron chi connectivity index (χ3n) is 4.82. The van der Waals surface area contributed by atoms with Crippen LogP contribution in [0.1, 0.15) is 11.1 Å². The zero-order valence-corrected chi connectivity index (χ0v) is 15.6. The summed E-state index contributed by atoms with van der Waals surface area (Å²) in [5, 5.41) is 3.38. The maximum Gasteiger partial charge on any atom is 0.227 e. The molecule has 0 aliphatic carbocycles. The summed E-state index contributed by atoms with van der Waals surface area (Å²) in [5.74, 6) is 2.33. The number of aryl methyl sites for hydroxylation is 2. The van der Waals surface area contributed by atoms with E-state index in [1.165, 1.54) is 11.1 Å². The van der Waals surface area contributed by atoms with Gasteiger partial charge >= 0.3 is 0 Å². The lowest BCUT2D eigenvalue weighted by atomic mass is 10.1. The minimum atomic E-state index is 0.748. The van der Waals surface area contributed by atoms with Crippen molar-refractivity contribution in [3.63, 3.8) is 0 Å². The van der Waals surface area contributed by atoms with Crippen molar-refractivity contribution in [2.24, 2.45) is 0 Å². The van der Waals surface area contributed by atoms with E-state index < -0.39 is 0 Å². The van der Waals surface area contributed by atoms with Gasteiger partial charge in [-0.25, -0.2) is 15.0 Å². The number of rotatable bonds is 4. The maximum absolute atomic E-state index is 4.70. The average molecular weight is 361 g/mol. The number of hydrogen-bond donors (Lipinski definition) is 1. The van der Waals surface area contributed by atoms with Crippen LogP contribution < -0.4 is 15.1 Å². The first-order valence-electron chi connectivity index (χ1n) is 9.13. The maximum atomic E-state index is 4.70. The first kappa shape index (κ1) is 17.2. The van der Waals surface area contributed by atoms with Crippen LogP contribution in [0.15, 0.2) is 48.9 Å². The molecule has 0 spiro atoms. The van der Waals surface area contributed by atoms with Gasteiger partial charge < -0.3 is 15.1 Å². The Morgan fingerprint density at radius 2 is 1.44 bits per heavy atom. The second kappa shape index (κ2) is 7.57. The van der Waals surface area contributed by atoms with E-state index in [2.05, 4.69) is 62.1 Å². The van der Waals surface area contributed by atoms with Crippen LogP contribution in [-0.4, -0.2) is 46.1 Å². The normalized spacial score (nSPS) is 14.3. The highest BCUT2D eigenvalue weighted by Gasteiger charge is 2.20. The van der Waals surface area contributed by atoms with Crippen molar-refractivity contribution in [3.8, 4) is 0 Å². The van der Waals surface area contributed by atoms with Crippen LogP contribution >= 0.6 is 0 Å². The Bertz CT molecular complexity index is 905. The summed E-state index contributed by atoms with van der Waals surface area (Å²) < 4.78 is 0. The fraction of sp³-hybridized carbons (Fsp3) is 0.300. The molecule has 0 saturated carbocycles. The Kier molecular flexibility index (Phi) is 4.82. The van der Waals surface area contributed by atoms with E-state index in [4.69, 9.17) is 4.98 Å². The summed E-state index contributed by atoms with van der Waals surface area (Å²) >= 11 is 0. The van der Waals surface area contributed by atoms with Gasteiger partial charge in [-0.15, -0.1) is 0 Å². The van der Waals surface area contributed by atoms with Crippen molar-refractivity contribution in [1.29, 1.82) is 0 Å². The van der Waals surface area contributed by atoms with Crippen molar-refractivity contribution in [2.45, 2.75) is 13.8 Å². The van der Waals surface area contributed by atoms with Crippen LogP contribution in [-0.2, 0) is 0 Å². The van der Waals surface area contributed by atoms with Gasteiger partial charge in [0.05, 0.1) is 0 Å². The molecule has 3 aromatic rings. The Morgan fingerprint density at radius 3 is 2.15 bits per heavy atom. The van der Waals surface area contributed by atoms with Gasteiger partial charge in [0.15, 0.2) is 0 Å². The van der Waals surface area contributed by atoms with E-state index in [-0.39, 0.29) is 0 Å². The molecule has 7 heteroatoms. The fourth-order valence-corrected chi connectivity index (χ4v) is 3.10. The second-order valence-electron chi connectivity index (χ2n) is 6.69. The summed E-state index contributed by atoms with van der Waals surface area (Å²) in [6.45, 7) is 7.60. The predicted molar refractivity (Wildman–Crippen MR) is 108 cm³/mol. The van der Waals surface area contributed by atoms with Crippen LogP contribution in [0, 0.1) is 13.8 Å². The van der Waals surface area contributed by atoms with Crippen LogP contribution in [0.4, 0.5) is 23.4 Å². The summed E-state index contributed by atoms with van der Waals surface area (Å²) in [6.07, 6.45) is 5.36. The number of benzene rings is 1. The molecule has 1 aliphatic rings. The minimum Gasteiger partial charge on any atom is -0.340 e. The molecule has 0 amide bonds. The van der Waals surface area contributed by atoms with Crippen molar-refractivity contribution >= 4 is 23.4 Å². The molecular weight excluding hydrogens is 338 g/mol. The standard InChI is InChI=1S/C20H23N7/c1-15-4-5-17(14-16(15)2)24-18-6-9-23-20(25-18)27-12-10-26(11-13-27)19-21-7-3-8-22-19/h3-9,14H,10-13H2,1-2H3,(H,23,24,25). The lowest BCUT2D eigenvalue weighted by Gasteiger charge is -2.34. The molecule has 0 radical (unpaired) electrons. The quantitative estimate of drug-likeness (QED) is 0.766. The number of hydrogen-bond acceptors (Lipinski definition) is 7. The van der Waals surface area contributed by atoms with Crippen LogP contribution in [0.3, 0.4) is 0 Å². The molecular formula is C20H23N7. The summed E-state index contributed by atoms with van der Waals surface area (Å²) in [5.41, 5.74) is 3.58. The lowest BCUT2D eigenvalue weighted by molar-refractivity contribution is 0.628. The molecule has 0 bridgehead atoms. The molecule has 3 heterocycles. The average Bonchev–Trinajstić information content (AvgIpc) is 2.72. The molecule has 1 aromatic carbocycles. The number of aromatic nitrogens is 4. The van der Waals surface area contributed by atoms with Crippen molar-refractivity contribution < 1.29 is 0 Å². The largest absolute Gasteiger partial charge is 0.340 e. The van der Waals surface area contributed by atoms with E-state index >= 15 is 0 Å². The zero-order chi connectivity index (χ0) is 18.6. The number of nitrogens with one attached hydrogen (secondary N) is 1. The molecule has 1 aliphatic heterocycles. The molecule has 4 rings (SSSR count). The molecule has 0 unspecified atom stereocenters. The van der Waals surface area contributed by atoms with E-state index in [0.29, 0.717) is 0 Å². The van der Waals surface area contributed by atoms with E-state index in [9.17, 15) is 0 Å². The molecule has 1 N–H and O–H groups in total. The van der Waals surface area contributed by atoms with E-state index in [0.717, 1.165) is 49.6 Å². The summed E-state index contributed by atoms with van der Waals surface area (Å²) in [4.78, 5) is 22.2. The summed E-state index contributed by atoms with van der Waals surface area (Å²) in [6, 6.07) is 10.1. The van der Waals surface area contributed by atoms with Gasteiger partial charge in [-0.3, -0.25) is 0 Å². The van der Waals surface area contributed by atoms with Gasteiger partial charge in [-0.05, 0) is 49.2 Å². The van der Waals surface area contributed by atoms with Gasteiger partial charge in [0.2, 0.25) is 11.9 Å². The molecule has 0 atom stereocenters. The van der Waals surface area contributed by atoms with Gasteiger partial charge in [-0.1, -0.05) is 6.07 Å². The Morgan fingerprint density at radius 1 is 0.778 bits per heavy atom. The third-order valence-corrected chi connectivity index (χ3v) is 4.82. The molecule has 7 nitrogen and oxygen atoms in total. The van der Waals surface area contributed by atoms with Crippen molar-refractivity contribution in [1.82, 2.24) is 19.9 Å². The second-order valence-corrected chi connectivity index (χ2v) is 6.69. The van der Waals surface area contributed by atoms with Crippen LogP contribution in [0.5, 0.6) is 0 Å². The predicted octanol–water partition coefficient (Wildman–Crippen LogP) is 2.95. The lowest BCUT2D eigenvalue weighted by Crippen LogP contribution is -2.47. The highest BCUT2D eigenvalue weighted by atomic mass is 15.4. The Hall–Kier alpha value is -3.22. The third kappa shape index (κ3) is 3.97. The van der Waals surface area contributed by atoms with Gasteiger partial charge in [0.1, 0.15) is 5.82 Å². The van der Waals surface area contributed by atoms with Crippen molar-refractivity contribution in [2.75, 3.05) is 41.3 Å². The number of nitrogens with zero attached hydrogens (tertiary/aromatic N) is 6. The molecule has 1 fully saturated rings. The molecule has 2 aromatic heterocycles.